The van der Waals surface area contributed by atoms with Crippen LogP contribution in [0.2, 0.25) is 0 Å². The average Bonchev–Trinajstić information content (AvgIpc) is 3.39. The molecule has 1 aromatic carbocycles. The molecular formula is C22H28N8S. The Balaban J connectivity index is 1.47. The molecule has 0 aliphatic carbocycles. The van der Waals surface area contributed by atoms with E-state index in [0.717, 1.165) is 42.5 Å². The molecule has 0 saturated carbocycles. The topological polar surface area (TPSA) is 117 Å². The van der Waals surface area contributed by atoms with Gasteiger partial charge in [-0.2, -0.15) is 10.4 Å². The zero-order valence-corrected chi connectivity index (χ0v) is 18.7. The Morgan fingerprint density at radius 1 is 1.23 bits per heavy atom. The molecule has 0 unspecified atom stereocenters. The van der Waals surface area contributed by atoms with E-state index in [4.69, 9.17) is 5.73 Å². The summed E-state index contributed by atoms with van der Waals surface area (Å²) in [7, 11) is 1.75. The number of nitrogen functional groups attached to an aromatic ring is 1. The van der Waals surface area contributed by atoms with E-state index in [1.54, 1.807) is 23.1 Å². The number of para-hydroxylation sites is 1. The van der Waals surface area contributed by atoms with Crippen LogP contribution in [0.4, 0.5) is 5.82 Å². The lowest BCUT2D eigenvalue weighted by atomic mass is 10.1. The highest BCUT2D eigenvalue weighted by Gasteiger charge is 2.16. The zero-order chi connectivity index (χ0) is 22.1. The number of hydrogen-bond donors (Lipinski definition) is 3. The molecule has 4 N–H and O–H groups in total. The first-order chi connectivity index (χ1) is 15.2. The van der Waals surface area contributed by atoms with Gasteiger partial charge in [-0.05, 0) is 31.4 Å². The third-order valence-electron chi connectivity index (χ3n) is 4.79. The smallest absolute Gasteiger partial charge is 0.190 e. The van der Waals surface area contributed by atoms with E-state index in [1.807, 2.05) is 36.5 Å². The Kier molecular flexibility index (Phi) is 8.01. The van der Waals surface area contributed by atoms with Crippen molar-refractivity contribution >= 4 is 23.1 Å². The van der Waals surface area contributed by atoms with Crippen LogP contribution >= 0.6 is 11.3 Å². The van der Waals surface area contributed by atoms with E-state index in [2.05, 4.69) is 38.7 Å². The van der Waals surface area contributed by atoms with Crippen LogP contribution < -0.4 is 16.4 Å². The molecule has 8 nitrogen and oxygen atoms in total. The Morgan fingerprint density at radius 2 is 2.00 bits per heavy atom. The summed E-state index contributed by atoms with van der Waals surface area (Å²) < 4.78 is 1.63. The van der Waals surface area contributed by atoms with Crippen LogP contribution in [0.15, 0.2) is 41.5 Å². The lowest BCUT2D eigenvalue weighted by Crippen LogP contribution is -2.38. The molecule has 0 atom stereocenters. The fourth-order valence-corrected chi connectivity index (χ4v) is 4.00. The first-order valence-electron chi connectivity index (χ1n) is 10.4. The molecule has 0 radical (unpaired) electrons. The summed E-state index contributed by atoms with van der Waals surface area (Å²) in [6.07, 6.45) is 5.29. The molecule has 0 aliphatic rings. The standard InChI is InChI=1S/C22H28N8S/c1-3-17-15-28-20(31-17)11-13-27-22(25-2)26-12-7-10-19-18(14-23)21(24)30(29-19)16-8-5-4-6-9-16/h4-6,8-9,15H,3,7,10-13,24H2,1-2H3,(H2,25,26,27). The van der Waals surface area contributed by atoms with E-state index in [9.17, 15) is 5.26 Å². The maximum absolute atomic E-state index is 9.52. The largest absolute Gasteiger partial charge is 0.382 e. The fraction of sp³-hybridized carbons (Fsp3) is 0.364. The SMILES string of the molecule is CCc1cnc(CCNC(=NC)NCCCc2nn(-c3ccccc3)c(N)c2C#N)s1. The minimum atomic E-state index is 0.377. The van der Waals surface area contributed by atoms with Crippen molar-refractivity contribution in [2.75, 3.05) is 25.9 Å². The molecule has 3 rings (SSSR count). The molecule has 2 aromatic heterocycles. The minimum Gasteiger partial charge on any atom is -0.382 e. The summed E-state index contributed by atoms with van der Waals surface area (Å²) in [5, 5.41) is 21.8. The number of aryl methyl sites for hydroxylation is 2. The van der Waals surface area contributed by atoms with Crippen molar-refractivity contribution in [2.24, 2.45) is 4.99 Å². The first-order valence-corrected chi connectivity index (χ1v) is 11.2. The van der Waals surface area contributed by atoms with Crippen LogP contribution in [0.5, 0.6) is 0 Å². The number of nitrogens with two attached hydrogens (primary N) is 1. The van der Waals surface area contributed by atoms with Gasteiger partial charge < -0.3 is 16.4 Å². The maximum atomic E-state index is 9.52. The van der Waals surface area contributed by atoms with Crippen LogP contribution in [0.1, 0.15) is 34.5 Å². The predicted octanol–water partition coefficient (Wildman–Crippen LogP) is 2.69. The van der Waals surface area contributed by atoms with Crippen molar-refractivity contribution < 1.29 is 0 Å². The van der Waals surface area contributed by atoms with Crippen molar-refractivity contribution in [1.82, 2.24) is 25.4 Å². The molecule has 0 amide bonds. The van der Waals surface area contributed by atoms with Crippen molar-refractivity contribution in [3.63, 3.8) is 0 Å². The summed E-state index contributed by atoms with van der Waals surface area (Å²) >= 11 is 1.76. The normalized spacial score (nSPS) is 11.3. The molecule has 0 fully saturated rings. The molecule has 0 bridgehead atoms. The van der Waals surface area contributed by atoms with Gasteiger partial charge in [0.05, 0.1) is 16.4 Å². The maximum Gasteiger partial charge on any atom is 0.190 e. The predicted molar refractivity (Wildman–Crippen MR) is 126 cm³/mol. The summed E-state index contributed by atoms with van der Waals surface area (Å²) in [4.78, 5) is 10.0. The third-order valence-corrected chi connectivity index (χ3v) is 6.00. The second-order valence-electron chi connectivity index (χ2n) is 6.92. The van der Waals surface area contributed by atoms with E-state index < -0.39 is 0 Å². The number of nitrogens with zero attached hydrogens (tertiary/aromatic N) is 5. The Labute approximate surface area is 186 Å². The third kappa shape index (κ3) is 5.83. The van der Waals surface area contributed by atoms with Crippen LogP contribution in [0.25, 0.3) is 5.69 Å². The summed E-state index contributed by atoms with van der Waals surface area (Å²) in [6.45, 7) is 3.62. The highest BCUT2D eigenvalue weighted by atomic mass is 32.1. The fourth-order valence-electron chi connectivity index (χ4n) is 3.14. The van der Waals surface area contributed by atoms with Gasteiger partial charge in [0.15, 0.2) is 5.96 Å². The van der Waals surface area contributed by atoms with Gasteiger partial charge in [-0.25, -0.2) is 9.67 Å². The van der Waals surface area contributed by atoms with Crippen LogP contribution in [-0.2, 0) is 19.3 Å². The Morgan fingerprint density at radius 3 is 2.68 bits per heavy atom. The number of benzene rings is 1. The number of hydrogen-bond acceptors (Lipinski definition) is 6. The number of aromatic nitrogens is 3. The zero-order valence-electron chi connectivity index (χ0n) is 17.9. The lowest BCUT2D eigenvalue weighted by Gasteiger charge is -2.11. The Hall–Kier alpha value is -3.38. The summed E-state index contributed by atoms with van der Waals surface area (Å²) in [5.74, 6) is 1.13. The van der Waals surface area contributed by atoms with Crippen LogP contribution in [0.3, 0.4) is 0 Å². The molecule has 0 spiro atoms. The average molecular weight is 437 g/mol. The van der Waals surface area contributed by atoms with Gasteiger partial charge >= 0.3 is 0 Å². The minimum absolute atomic E-state index is 0.377. The van der Waals surface area contributed by atoms with Crippen molar-refractivity contribution in [3.05, 3.63) is 57.7 Å². The molecule has 9 heteroatoms. The van der Waals surface area contributed by atoms with Gasteiger partial charge in [0.1, 0.15) is 17.5 Å². The van der Waals surface area contributed by atoms with Crippen molar-refractivity contribution in [1.29, 1.82) is 5.26 Å². The quantitative estimate of drug-likeness (QED) is 0.270. The van der Waals surface area contributed by atoms with Crippen LogP contribution in [-0.4, -0.2) is 40.9 Å². The monoisotopic (exact) mass is 436 g/mol. The number of thiazole rings is 1. The number of nitrogens with one attached hydrogen (secondary N) is 2. The van der Waals surface area contributed by atoms with Crippen LogP contribution in [0, 0.1) is 11.3 Å². The number of aliphatic imine (C=N–C) groups is 1. The van der Waals surface area contributed by atoms with Gasteiger partial charge in [0.2, 0.25) is 0 Å². The second kappa shape index (κ2) is 11.1. The number of anilines is 1. The highest BCUT2D eigenvalue weighted by Crippen LogP contribution is 2.21. The van der Waals surface area contributed by atoms with E-state index >= 15 is 0 Å². The molecular weight excluding hydrogens is 408 g/mol. The number of rotatable bonds is 9. The number of guanidine groups is 1. The van der Waals surface area contributed by atoms with E-state index in [-0.39, 0.29) is 0 Å². The highest BCUT2D eigenvalue weighted by molar-refractivity contribution is 7.11. The summed E-state index contributed by atoms with van der Waals surface area (Å²) in [5.41, 5.74) is 8.16. The van der Waals surface area contributed by atoms with E-state index in [0.29, 0.717) is 30.0 Å². The summed E-state index contributed by atoms with van der Waals surface area (Å²) in [6, 6.07) is 11.8. The molecule has 2 heterocycles. The first kappa shape index (κ1) is 22.3. The number of nitriles is 1. The van der Waals surface area contributed by atoms with Gasteiger partial charge in [-0.15, -0.1) is 11.3 Å². The van der Waals surface area contributed by atoms with Crippen molar-refractivity contribution in [2.45, 2.75) is 32.6 Å². The van der Waals surface area contributed by atoms with Gasteiger partial charge in [-0.1, -0.05) is 25.1 Å². The molecule has 0 aliphatic heterocycles. The Bertz CT molecular complexity index is 1050. The van der Waals surface area contributed by atoms with Gasteiger partial charge in [0, 0.05) is 37.6 Å². The van der Waals surface area contributed by atoms with Gasteiger partial charge in [0.25, 0.3) is 0 Å². The lowest BCUT2D eigenvalue weighted by molar-refractivity contribution is 0.720. The molecule has 0 saturated heterocycles. The van der Waals surface area contributed by atoms with Crippen molar-refractivity contribution in [3.8, 4) is 11.8 Å². The second-order valence-corrected chi connectivity index (χ2v) is 8.12. The van der Waals surface area contributed by atoms with Gasteiger partial charge in [-0.3, -0.25) is 4.99 Å². The molecule has 31 heavy (non-hydrogen) atoms. The molecule has 3 aromatic rings. The van der Waals surface area contributed by atoms with E-state index in [1.165, 1.54) is 4.88 Å². The molecule has 162 valence electrons.